The van der Waals surface area contributed by atoms with Crippen LogP contribution in [0.5, 0.6) is 0 Å². The van der Waals surface area contributed by atoms with Crippen LogP contribution in [0.2, 0.25) is 0 Å². The number of imidazole rings is 1. The minimum atomic E-state index is -0.147. The molecule has 2 heterocycles. The third-order valence-corrected chi connectivity index (χ3v) is 4.28. The Morgan fingerprint density at radius 2 is 2.04 bits per heavy atom. The van der Waals surface area contributed by atoms with Crippen LogP contribution in [0.15, 0.2) is 55.0 Å². The van der Waals surface area contributed by atoms with Crippen molar-refractivity contribution in [1.29, 1.82) is 0 Å². The van der Waals surface area contributed by atoms with Gasteiger partial charge in [0, 0.05) is 25.5 Å². The molecule has 0 saturated heterocycles. The number of nitrogens with zero attached hydrogens (tertiary/aromatic N) is 6. The van der Waals surface area contributed by atoms with E-state index in [1.807, 2.05) is 74.1 Å². The van der Waals surface area contributed by atoms with Gasteiger partial charge in [-0.1, -0.05) is 47.7 Å². The molecule has 0 spiro atoms. The monoisotopic (exact) mass is 364 g/mol. The molecule has 3 rings (SSSR count). The molecule has 0 aliphatic rings. The number of amides is 1. The first-order valence-electron chi connectivity index (χ1n) is 8.93. The van der Waals surface area contributed by atoms with E-state index in [1.54, 1.807) is 22.0 Å². The summed E-state index contributed by atoms with van der Waals surface area (Å²) in [4.78, 5) is 18.9. The van der Waals surface area contributed by atoms with Crippen LogP contribution in [0.25, 0.3) is 6.08 Å². The summed E-state index contributed by atoms with van der Waals surface area (Å²) < 4.78 is 3.57. The Hall–Kier alpha value is -3.22. The fourth-order valence-corrected chi connectivity index (χ4v) is 2.68. The summed E-state index contributed by atoms with van der Waals surface area (Å²) in [6.45, 7) is 4.94. The summed E-state index contributed by atoms with van der Waals surface area (Å²) >= 11 is 0. The van der Waals surface area contributed by atoms with E-state index >= 15 is 0 Å². The molecule has 0 aliphatic heterocycles. The Balaban J connectivity index is 1.67. The van der Waals surface area contributed by atoms with Crippen LogP contribution in [-0.4, -0.2) is 41.4 Å². The van der Waals surface area contributed by atoms with Crippen molar-refractivity contribution in [3.63, 3.8) is 0 Å². The predicted molar refractivity (Wildman–Crippen MR) is 104 cm³/mol. The van der Waals surface area contributed by atoms with E-state index in [0.29, 0.717) is 18.8 Å². The number of carbonyl (C=O) groups excluding carboxylic acids is 1. The van der Waals surface area contributed by atoms with Crippen LogP contribution in [0.3, 0.4) is 0 Å². The van der Waals surface area contributed by atoms with E-state index in [-0.39, 0.29) is 11.9 Å². The standard InChI is InChI=1S/C20H24N6O/c1-16(2)26(15-19-21-11-13-24(19)3)20(27)18-14-25(23-22-18)12-7-10-17-8-5-4-6-9-17/h4-11,13-14,16H,12,15H2,1-3H3. The van der Waals surface area contributed by atoms with Crippen LogP contribution in [0.1, 0.15) is 35.7 Å². The smallest absolute Gasteiger partial charge is 0.276 e. The van der Waals surface area contributed by atoms with Crippen molar-refractivity contribution < 1.29 is 4.79 Å². The van der Waals surface area contributed by atoms with Crippen molar-refractivity contribution in [2.75, 3.05) is 0 Å². The summed E-state index contributed by atoms with van der Waals surface area (Å²) in [5, 5.41) is 8.13. The lowest BCUT2D eigenvalue weighted by molar-refractivity contribution is 0.0677. The van der Waals surface area contributed by atoms with Gasteiger partial charge in [-0.25, -0.2) is 9.67 Å². The van der Waals surface area contributed by atoms with Crippen molar-refractivity contribution in [2.45, 2.75) is 33.0 Å². The molecular weight excluding hydrogens is 340 g/mol. The predicted octanol–water partition coefficient (Wildman–Crippen LogP) is 2.78. The molecule has 0 aliphatic carbocycles. The highest BCUT2D eigenvalue weighted by Crippen LogP contribution is 2.11. The maximum absolute atomic E-state index is 12.9. The zero-order chi connectivity index (χ0) is 19.2. The first kappa shape index (κ1) is 18.6. The zero-order valence-electron chi connectivity index (χ0n) is 15.9. The van der Waals surface area contributed by atoms with Crippen LogP contribution in [0.4, 0.5) is 0 Å². The zero-order valence-corrected chi connectivity index (χ0v) is 15.9. The topological polar surface area (TPSA) is 68.8 Å². The molecule has 0 saturated carbocycles. The van der Waals surface area contributed by atoms with E-state index in [4.69, 9.17) is 0 Å². The highest BCUT2D eigenvalue weighted by molar-refractivity contribution is 5.92. The Labute approximate surface area is 158 Å². The Kier molecular flexibility index (Phi) is 5.80. The number of hydrogen-bond donors (Lipinski definition) is 0. The fraction of sp³-hybridized carbons (Fsp3) is 0.300. The number of carbonyl (C=O) groups is 1. The van der Waals surface area contributed by atoms with Gasteiger partial charge in [0.05, 0.1) is 19.3 Å². The number of hydrogen-bond acceptors (Lipinski definition) is 4. The van der Waals surface area contributed by atoms with E-state index in [9.17, 15) is 4.79 Å². The van der Waals surface area contributed by atoms with Gasteiger partial charge >= 0.3 is 0 Å². The quantitative estimate of drug-likeness (QED) is 0.646. The second-order valence-electron chi connectivity index (χ2n) is 6.62. The number of aromatic nitrogens is 5. The molecule has 27 heavy (non-hydrogen) atoms. The van der Waals surface area contributed by atoms with Gasteiger partial charge in [-0.15, -0.1) is 5.10 Å². The number of rotatable bonds is 7. The van der Waals surface area contributed by atoms with Crippen molar-refractivity contribution >= 4 is 12.0 Å². The first-order valence-corrected chi connectivity index (χ1v) is 8.93. The van der Waals surface area contributed by atoms with Gasteiger partial charge in [-0.2, -0.15) is 0 Å². The molecule has 0 N–H and O–H groups in total. The summed E-state index contributed by atoms with van der Waals surface area (Å²) in [5.74, 6) is 0.682. The van der Waals surface area contributed by atoms with Crippen molar-refractivity contribution in [1.82, 2.24) is 29.4 Å². The molecule has 0 unspecified atom stereocenters. The summed E-state index contributed by atoms with van der Waals surface area (Å²) in [6, 6.07) is 10.1. The highest BCUT2D eigenvalue weighted by Gasteiger charge is 2.23. The van der Waals surface area contributed by atoms with Gasteiger partial charge in [0.1, 0.15) is 5.82 Å². The summed E-state index contributed by atoms with van der Waals surface area (Å²) in [7, 11) is 1.92. The highest BCUT2D eigenvalue weighted by atomic mass is 16.2. The van der Waals surface area contributed by atoms with Crippen molar-refractivity contribution in [3.8, 4) is 0 Å². The number of allylic oxidation sites excluding steroid dienone is 1. The van der Waals surface area contributed by atoms with Crippen LogP contribution < -0.4 is 0 Å². The lowest BCUT2D eigenvalue weighted by Crippen LogP contribution is -2.37. The summed E-state index contributed by atoms with van der Waals surface area (Å²) in [6.07, 6.45) is 9.30. The molecule has 0 bridgehead atoms. The third-order valence-electron chi connectivity index (χ3n) is 4.28. The van der Waals surface area contributed by atoms with Crippen LogP contribution in [-0.2, 0) is 20.1 Å². The molecule has 1 amide bonds. The Morgan fingerprint density at radius 1 is 1.26 bits per heavy atom. The van der Waals surface area contributed by atoms with E-state index in [1.165, 1.54) is 0 Å². The normalized spacial score (nSPS) is 11.4. The Bertz CT molecular complexity index is 909. The molecule has 7 nitrogen and oxygen atoms in total. The summed E-state index contributed by atoms with van der Waals surface area (Å²) in [5.41, 5.74) is 1.46. The van der Waals surface area contributed by atoms with E-state index in [2.05, 4.69) is 15.3 Å². The second-order valence-corrected chi connectivity index (χ2v) is 6.62. The molecule has 1 aromatic carbocycles. The van der Waals surface area contributed by atoms with Gasteiger partial charge in [-0.05, 0) is 19.4 Å². The first-order chi connectivity index (χ1) is 13.0. The molecule has 0 fully saturated rings. The van der Waals surface area contributed by atoms with Crippen molar-refractivity contribution in [3.05, 3.63) is 72.1 Å². The third kappa shape index (κ3) is 4.69. The Morgan fingerprint density at radius 3 is 2.70 bits per heavy atom. The molecule has 140 valence electrons. The molecule has 7 heteroatoms. The minimum Gasteiger partial charge on any atom is -0.337 e. The molecule has 3 aromatic rings. The van der Waals surface area contributed by atoms with Crippen LogP contribution >= 0.6 is 0 Å². The molecule has 0 radical (unpaired) electrons. The van der Waals surface area contributed by atoms with Gasteiger partial charge in [0.2, 0.25) is 0 Å². The van der Waals surface area contributed by atoms with Gasteiger partial charge in [0.15, 0.2) is 5.69 Å². The average Bonchev–Trinajstić information content (AvgIpc) is 3.29. The van der Waals surface area contributed by atoms with E-state index < -0.39 is 0 Å². The second kappa shape index (κ2) is 8.44. The number of aryl methyl sites for hydroxylation is 1. The van der Waals surface area contributed by atoms with Crippen molar-refractivity contribution in [2.24, 2.45) is 7.05 Å². The maximum atomic E-state index is 12.9. The molecular formula is C20H24N6O. The maximum Gasteiger partial charge on any atom is 0.276 e. The fourth-order valence-electron chi connectivity index (χ4n) is 2.68. The molecule has 0 atom stereocenters. The van der Waals surface area contributed by atoms with E-state index in [0.717, 1.165) is 11.4 Å². The van der Waals surface area contributed by atoms with Gasteiger partial charge < -0.3 is 9.47 Å². The average molecular weight is 364 g/mol. The largest absolute Gasteiger partial charge is 0.337 e. The number of benzene rings is 1. The molecule has 2 aromatic heterocycles. The van der Waals surface area contributed by atoms with Gasteiger partial charge in [-0.3, -0.25) is 4.79 Å². The SMILES string of the molecule is CC(C)N(Cc1nccn1C)C(=O)c1cn(CC=Cc2ccccc2)nn1. The minimum absolute atomic E-state index is 0.0253. The lowest BCUT2D eigenvalue weighted by Gasteiger charge is -2.25. The van der Waals surface area contributed by atoms with Gasteiger partial charge in [0.25, 0.3) is 5.91 Å². The van der Waals surface area contributed by atoms with Crippen LogP contribution in [0, 0.1) is 0 Å². The lowest BCUT2D eigenvalue weighted by atomic mass is 10.2.